The van der Waals surface area contributed by atoms with Crippen LogP contribution < -0.4 is 0 Å². The van der Waals surface area contributed by atoms with Gasteiger partial charge in [0.1, 0.15) is 6.33 Å². The zero-order valence-electron chi connectivity index (χ0n) is 9.75. The number of halogens is 1. The van der Waals surface area contributed by atoms with Crippen molar-refractivity contribution in [2.45, 2.75) is 30.7 Å². The van der Waals surface area contributed by atoms with E-state index in [0.29, 0.717) is 11.1 Å². The topological polar surface area (TPSA) is 56.5 Å². The normalized spacial score (nSPS) is 11.8. The number of hydrogen-bond acceptors (Lipinski definition) is 5. The van der Waals surface area contributed by atoms with Gasteiger partial charge in [0.2, 0.25) is 11.2 Å². The van der Waals surface area contributed by atoms with Crippen molar-refractivity contribution >= 4 is 23.4 Å². The van der Waals surface area contributed by atoms with Gasteiger partial charge in [-0.3, -0.25) is 4.57 Å². The highest BCUT2D eigenvalue weighted by molar-refractivity contribution is 8.00. The van der Waals surface area contributed by atoms with E-state index in [4.69, 9.17) is 11.6 Å². The minimum atomic E-state index is 0.0247. The van der Waals surface area contributed by atoms with Crippen molar-refractivity contribution in [1.29, 1.82) is 0 Å². The van der Waals surface area contributed by atoms with Gasteiger partial charge in [-0.05, 0) is 11.6 Å². The molecule has 0 fully saturated rings. The predicted molar refractivity (Wildman–Crippen MR) is 67.6 cm³/mol. The Morgan fingerprint density at radius 2 is 2.00 bits per heavy atom. The van der Waals surface area contributed by atoms with Gasteiger partial charge in [0, 0.05) is 17.1 Å². The molecule has 0 aromatic carbocycles. The molecule has 0 aliphatic rings. The summed E-state index contributed by atoms with van der Waals surface area (Å²) < 4.78 is 1.72. The molecule has 0 amide bonds. The van der Waals surface area contributed by atoms with E-state index in [1.54, 1.807) is 35.0 Å². The summed E-state index contributed by atoms with van der Waals surface area (Å²) in [5.74, 6) is 0.481. The molecule has 0 aliphatic heterocycles. The molecule has 2 aromatic rings. The summed E-state index contributed by atoms with van der Waals surface area (Å²) in [5.41, 5.74) is 0. The maximum atomic E-state index is 5.89. The van der Waals surface area contributed by atoms with Crippen molar-refractivity contribution in [3.8, 4) is 5.95 Å². The lowest BCUT2D eigenvalue weighted by atomic mass is 10.3. The van der Waals surface area contributed by atoms with Crippen LogP contribution >= 0.6 is 23.4 Å². The van der Waals surface area contributed by atoms with Crippen LogP contribution in [0.3, 0.4) is 0 Å². The smallest absolute Gasteiger partial charge is 0.240 e. The molecule has 90 valence electrons. The van der Waals surface area contributed by atoms with Crippen molar-refractivity contribution in [2.24, 2.45) is 0 Å². The number of thioether (sulfide) groups is 1. The highest BCUT2D eigenvalue weighted by Crippen LogP contribution is 2.29. The lowest BCUT2D eigenvalue weighted by Crippen LogP contribution is -2.10. The van der Waals surface area contributed by atoms with Gasteiger partial charge < -0.3 is 0 Å². The maximum absolute atomic E-state index is 5.89. The number of hydrogen-bond donors (Lipinski definition) is 0. The van der Waals surface area contributed by atoms with Gasteiger partial charge in [0.05, 0.1) is 0 Å². The molecule has 0 saturated carbocycles. The van der Waals surface area contributed by atoms with Crippen molar-refractivity contribution in [3.63, 3.8) is 0 Å². The summed E-state index contributed by atoms with van der Waals surface area (Å²) in [7, 11) is 0. The second-order valence-corrected chi connectivity index (χ2v) is 6.50. The minimum Gasteiger partial charge on any atom is -0.274 e. The molecule has 2 rings (SSSR count). The average Bonchev–Trinajstić information content (AvgIpc) is 2.65. The Kier molecular flexibility index (Phi) is 3.35. The van der Waals surface area contributed by atoms with Crippen LogP contribution in [0.2, 0.25) is 5.28 Å². The Hall–Kier alpha value is -1.14. The summed E-state index contributed by atoms with van der Waals surface area (Å²) in [4.78, 5) is 16.4. The van der Waals surface area contributed by atoms with Crippen LogP contribution in [0.4, 0.5) is 0 Å². The zero-order chi connectivity index (χ0) is 12.5. The molecule has 17 heavy (non-hydrogen) atoms. The lowest BCUT2D eigenvalue weighted by Gasteiger charge is -2.16. The molecule has 0 aliphatic carbocycles. The van der Waals surface area contributed by atoms with Gasteiger partial charge in [-0.25, -0.2) is 4.98 Å². The van der Waals surface area contributed by atoms with Gasteiger partial charge in [-0.15, -0.1) is 0 Å². The van der Waals surface area contributed by atoms with Crippen LogP contribution in [0.15, 0.2) is 23.9 Å². The summed E-state index contributed by atoms with van der Waals surface area (Å²) in [6, 6.07) is 0. The highest BCUT2D eigenvalue weighted by Gasteiger charge is 2.16. The molecule has 5 nitrogen and oxygen atoms in total. The Labute approximate surface area is 109 Å². The van der Waals surface area contributed by atoms with E-state index in [2.05, 4.69) is 40.7 Å². The summed E-state index contributed by atoms with van der Waals surface area (Å²) in [6.45, 7) is 6.27. The molecule has 0 bridgehead atoms. The quantitative estimate of drug-likeness (QED) is 0.785. The second-order valence-electron chi connectivity index (χ2n) is 4.37. The molecule has 0 N–H and O–H groups in total. The number of imidazole rings is 1. The molecular weight excluding hydrogens is 258 g/mol. The Morgan fingerprint density at radius 3 is 2.59 bits per heavy atom. The van der Waals surface area contributed by atoms with E-state index in [1.807, 2.05) is 0 Å². The number of aromatic nitrogens is 5. The second kappa shape index (κ2) is 4.62. The van der Waals surface area contributed by atoms with Crippen LogP contribution in [-0.2, 0) is 0 Å². The van der Waals surface area contributed by atoms with Gasteiger partial charge in [-0.1, -0.05) is 32.5 Å². The lowest BCUT2D eigenvalue weighted by molar-refractivity contribution is 0.775. The first-order chi connectivity index (χ1) is 7.94. The van der Waals surface area contributed by atoms with Crippen molar-refractivity contribution in [3.05, 3.63) is 24.0 Å². The van der Waals surface area contributed by atoms with Crippen molar-refractivity contribution in [1.82, 2.24) is 24.5 Å². The molecule has 0 spiro atoms. The molecular formula is C10H12ClN5S. The third-order valence-corrected chi connectivity index (χ3v) is 2.86. The molecule has 0 saturated heterocycles. The van der Waals surface area contributed by atoms with E-state index in [0.717, 1.165) is 0 Å². The summed E-state index contributed by atoms with van der Waals surface area (Å²) in [6.07, 6.45) is 5.04. The SMILES string of the molecule is CC(C)(C)Sc1nc(Cl)nc(-n2ccnc2)n1. The largest absolute Gasteiger partial charge is 0.274 e. The van der Waals surface area contributed by atoms with Crippen LogP contribution in [-0.4, -0.2) is 29.3 Å². The molecule has 2 heterocycles. The molecule has 0 radical (unpaired) electrons. The Balaban J connectivity index is 2.36. The van der Waals surface area contributed by atoms with E-state index in [-0.39, 0.29) is 10.0 Å². The number of nitrogens with zero attached hydrogens (tertiary/aromatic N) is 5. The van der Waals surface area contributed by atoms with E-state index < -0.39 is 0 Å². The van der Waals surface area contributed by atoms with E-state index >= 15 is 0 Å². The van der Waals surface area contributed by atoms with E-state index in [1.165, 1.54) is 0 Å². The fourth-order valence-corrected chi connectivity index (χ4v) is 2.15. The van der Waals surface area contributed by atoms with Crippen LogP contribution in [0.25, 0.3) is 5.95 Å². The van der Waals surface area contributed by atoms with Crippen LogP contribution in [0, 0.1) is 0 Å². The summed E-state index contributed by atoms with van der Waals surface area (Å²) >= 11 is 7.43. The predicted octanol–water partition coefficient (Wildman–Crippen LogP) is 2.60. The Bertz CT molecular complexity index is 506. The molecule has 0 unspecified atom stereocenters. The van der Waals surface area contributed by atoms with Crippen molar-refractivity contribution in [2.75, 3.05) is 0 Å². The summed E-state index contributed by atoms with van der Waals surface area (Å²) in [5, 5.41) is 0.802. The van der Waals surface area contributed by atoms with Gasteiger partial charge in [0.15, 0.2) is 5.16 Å². The maximum Gasteiger partial charge on any atom is 0.240 e. The first kappa shape index (κ1) is 12.3. The van der Waals surface area contributed by atoms with E-state index in [9.17, 15) is 0 Å². The average molecular weight is 270 g/mol. The van der Waals surface area contributed by atoms with Crippen LogP contribution in [0.5, 0.6) is 0 Å². The third-order valence-electron chi connectivity index (χ3n) is 1.71. The Morgan fingerprint density at radius 1 is 1.24 bits per heavy atom. The fourth-order valence-electron chi connectivity index (χ4n) is 1.13. The fraction of sp³-hybridized carbons (Fsp3) is 0.400. The highest BCUT2D eigenvalue weighted by atomic mass is 35.5. The first-order valence-corrected chi connectivity index (χ1v) is 6.22. The molecule has 0 atom stereocenters. The monoisotopic (exact) mass is 269 g/mol. The van der Waals surface area contributed by atoms with Crippen molar-refractivity contribution < 1.29 is 0 Å². The minimum absolute atomic E-state index is 0.0247. The molecule has 2 aromatic heterocycles. The zero-order valence-corrected chi connectivity index (χ0v) is 11.3. The van der Waals surface area contributed by atoms with Gasteiger partial charge in [-0.2, -0.15) is 15.0 Å². The number of rotatable bonds is 2. The first-order valence-electron chi connectivity index (χ1n) is 5.03. The third kappa shape index (κ3) is 3.41. The standard InChI is InChI=1S/C10H12ClN5S/c1-10(2,3)17-9-14-7(11)13-8(15-9)16-5-4-12-6-16/h4-6H,1-3H3. The van der Waals surface area contributed by atoms with Crippen LogP contribution in [0.1, 0.15) is 20.8 Å². The van der Waals surface area contributed by atoms with Gasteiger partial charge in [0.25, 0.3) is 0 Å². The molecule has 7 heteroatoms. The van der Waals surface area contributed by atoms with Gasteiger partial charge >= 0.3 is 0 Å².